The van der Waals surface area contributed by atoms with E-state index in [1.165, 1.54) is 16.9 Å². The van der Waals surface area contributed by atoms with Crippen molar-refractivity contribution < 1.29 is 9.34 Å². The summed E-state index contributed by atoms with van der Waals surface area (Å²) in [5, 5.41) is 22.1. The van der Waals surface area contributed by atoms with Crippen LogP contribution in [-0.2, 0) is 6.54 Å². The number of rotatable bonds is 4. The lowest BCUT2D eigenvalue weighted by Crippen LogP contribution is -2.01. The number of pyridine rings is 1. The first-order valence-corrected chi connectivity index (χ1v) is 5.63. The molecule has 3 aromatic rings. The predicted octanol–water partition coefficient (Wildman–Crippen LogP) is 1.28. The van der Waals surface area contributed by atoms with E-state index < -0.39 is 4.92 Å². The van der Waals surface area contributed by atoms with E-state index in [1.807, 2.05) is 0 Å². The smallest absolute Gasteiger partial charge is 0.389 e. The minimum atomic E-state index is -0.563. The van der Waals surface area contributed by atoms with Crippen LogP contribution in [0, 0.1) is 10.1 Å². The molecule has 3 rings (SSSR count). The van der Waals surface area contributed by atoms with Crippen LogP contribution in [-0.4, -0.2) is 29.9 Å². The molecule has 3 aromatic heterocycles. The van der Waals surface area contributed by atoms with Crippen LogP contribution in [0.2, 0.25) is 0 Å². The van der Waals surface area contributed by atoms with E-state index in [0.29, 0.717) is 11.8 Å². The Labute approximate surface area is 112 Å². The Morgan fingerprint density at radius 1 is 1.25 bits per heavy atom. The van der Waals surface area contributed by atoms with Gasteiger partial charge < -0.3 is 14.5 Å². The zero-order chi connectivity index (χ0) is 13.9. The van der Waals surface area contributed by atoms with Gasteiger partial charge in [-0.3, -0.25) is 4.98 Å². The summed E-state index contributed by atoms with van der Waals surface area (Å²) >= 11 is 0. The molecule has 0 atom stereocenters. The normalized spacial score (nSPS) is 10.6. The maximum absolute atomic E-state index is 10.5. The van der Waals surface area contributed by atoms with Crippen molar-refractivity contribution in [3.8, 4) is 11.5 Å². The molecule has 0 fully saturated rings. The molecule has 0 N–H and O–H groups in total. The highest BCUT2D eigenvalue weighted by Gasteiger charge is 2.14. The Balaban J connectivity index is 1.78. The summed E-state index contributed by atoms with van der Waals surface area (Å²) in [6, 6.07) is 4.80. The van der Waals surface area contributed by atoms with E-state index in [-0.39, 0.29) is 12.4 Å². The summed E-state index contributed by atoms with van der Waals surface area (Å²) in [5.74, 6) is 0.456. The van der Waals surface area contributed by atoms with Crippen molar-refractivity contribution in [2.75, 3.05) is 0 Å². The van der Waals surface area contributed by atoms with Crippen molar-refractivity contribution in [1.82, 2.24) is 25.0 Å². The van der Waals surface area contributed by atoms with Crippen LogP contribution in [0.5, 0.6) is 0 Å². The van der Waals surface area contributed by atoms with Crippen LogP contribution in [0.25, 0.3) is 11.5 Å². The second-order valence-corrected chi connectivity index (χ2v) is 3.87. The van der Waals surface area contributed by atoms with E-state index in [9.17, 15) is 10.1 Å². The molecule has 0 saturated carbocycles. The molecule has 9 nitrogen and oxygen atoms in total. The zero-order valence-corrected chi connectivity index (χ0v) is 10.1. The average Bonchev–Trinajstić information content (AvgIpc) is 3.10. The Morgan fingerprint density at radius 3 is 2.75 bits per heavy atom. The van der Waals surface area contributed by atoms with Crippen molar-refractivity contribution in [1.29, 1.82) is 0 Å². The second kappa shape index (κ2) is 4.88. The van der Waals surface area contributed by atoms with Gasteiger partial charge in [-0.2, -0.15) is 4.68 Å². The van der Waals surface area contributed by atoms with Gasteiger partial charge in [-0.15, -0.1) is 10.2 Å². The molecule has 0 saturated heterocycles. The average molecular weight is 272 g/mol. The lowest BCUT2D eigenvalue weighted by atomic mass is 10.3. The number of hydrogen-bond acceptors (Lipinski definition) is 7. The quantitative estimate of drug-likeness (QED) is 0.519. The molecular formula is C11H8N6O3. The van der Waals surface area contributed by atoms with Crippen molar-refractivity contribution in [3.63, 3.8) is 0 Å². The lowest BCUT2D eigenvalue weighted by Gasteiger charge is -1.92. The third-order valence-corrected chi connectivity index (χ3v) is 2.51. The highest BCUT2D eigenvalue weighted by Crippen LogP contribution is 2.16. The predicted molar refractivity (Wildman–Crippen MR) is 65.5 cm³/mol. The summed E-state index contributed by atoms with van der Waals surface area (Å²) in [6.45, 7) is 0.173. The van der Waals surface area contributed by atoms with E-state index >= 15 is 0 Å². The maximum Gasteiger partial charge on any atom is 0.389 e. The molecule has 100 valence electrons. The molecular weight excluding hydrogens is 264 g/mol. The van der Waals surface area contributed by atoms with Gasteiger partial charge in [0, 0.05) is 18.0 Å². The molecule has 0 aliphatic rings. The molecule has 9 heteroatoms. The SMILES string of the molecule is O=[N+]([O-])c1ccn(Cc2nnc(-c3ccncc3)o2)n1. The van der Waals surface area contributed by atoms with Crippen LogP contribution in [0.15, 0.2) is 41.2 Å². The number of nitro groups is 1. The Hall–Kier alpha value is -3.10. The molecule has 3 heterocycles. The first kappa shape index (κ1) is 12.0. The molecule has 0 bridgehead atoms. The summed E-state index contributed by atoms with van der Waals surface area (Å²) in [4.78, 5) is 13.9. The van der Waals surface area contributed by atoms with E-state index in [0.717, 1.165) is 5.56 Å². The standard InChI is InChI=1S/C11H8N6O3/c18-17(19)9-3-6-16(15-9)7-10-13-14-11(20-10)8-1-4-12-5-2-8/h1-6H,7H2. The third-order valence-electron chi connectivity index (χ3n) is 2.51. The molecule has 0 amide bonds. The topological polar surface area (TPSA) is 113 Å². The van der Waals surface area contributed by atoms with Gasteiger partial charge in [-0.1, -0.05) is 0 Å². The highest BCUT2D eigenvalue weighted by atomic mass is 16.6. The zero-order valence-electron chi connectivity index (χ0n) is 10.1. The Bertz CT molecular complexity index is 735. The van der Waals surface area contributed by atoms with Crippen LogP contribution < -0.4 is 0 Å². The van der Waals surface area contributed by atoms with Crippen molar-refractivity contribution in [3.05, 3.63) is 52.8 Å². The van der Waals surface area contributed by atoms with Gasteiger partial charge in [0.1, 0.15) is 6.54 Å². The maximum atomic E-state index is 10.5. The fraction of sp³-hybridized carbons (Fsp3) is 0.0909. The molecule has 0 aromatic carbocycles. The van der Waals surface area contributed by atoms with Gasteiger partial charge in [-0.25, -0.2) is 0 Å². The molecule has 0 aliphatic carbocycles. The first-order valence-electron chi connectivity index (χ1n) is 5.63. The van der Waals surface area contributed by atoms with Gasteiger partial charge in [0.15, 0.2) is 0 Å². The van der Waals surface area contributed by atoms with E-state index in [2.05, 4.69) is 20.3 Å². The minimum absolute atomic E-state index is 0.173. The van der Waals surface area contributed by atoms with E-state index in [1.54, 1.807) is 24.5 Å². The summed E-state index contributed by atoms with van der Waals surface area (Å²) < 4.78 is 6.83. The van der Waals surface area contributed by atoms with Crippen LogP contribution >= 0.6 is 0 Å². The molecule has 0 radical (unpaired) electrons. The lowest BCUT2D eigenvalue weighted by molar-refractivity contribution is -0.389. The Kier molecular flexibility index (Phi) is 2.92. The van der Waals surface area contributed by atoms with Gasteiger partial charge in [0.25, 0.3) is 0 Å². The van der Waals surface area contributed by atoms with Crippen LogP contribution in [0.4, 0.5) is 5.82 Å². The van der Waals surface area contributed by atoms with Gasteiger partial charge in [0.2, 0.25) is 11.8 Å². The summed E-state index contributed by atoms with van der Waals surface area (Å²) in [6.07, 6.45) is 4.72. The van der Waals surface area contributed by atoms with Gasteiger partial charge >= 0.3 is 5.82 Å². The number of nitrogens with zero attached hydrogens (tertiary/aromatic N) is 6. The van der Waals surface area contributed by atoms with E-state index in [4.69, 9.17) is 4.42 Å². The monoisotopic (exact) mass is 272 g/mol. The third kappa shape index (κ3) is 2.36. The van der Waals surface area contributed by atoms with Crippen molar-refractivity contribution in [2.24, 2.45) is 0 Å². The van der Waals surface area contributed by atoms with Crippen LogP contribution in [0.3, 0.4) is 0 Å². The molecule has 0 unspecified atom stereocenters. The minimum Gasteiger partial charge on any atom is -0.419 e. The van der Waals surface area contributed by atoms with Gasteiger partial charge in [0.05, 0.1) is 17.4 Å². The molecule has 20 heavy (non-hydrogen) atoms. The van der Waals surface area contributed by atoms with Crippen molar-refractivity contribution in [2.45, 2.75) is 6.54 Å². The first-order chi connectivity index (χ1) is 9.72. The summed E-state index contributed by atoms with van der Waals surface area (Å²) in [7, 11) is 0. The number of hydrogen-bond donors (Lipinski definition) is 0. The Morgan fingerprint density at radius 2 is 2.05 bits per heavy atom. The molecule has 0 aliphatic heterocycles. The largest absolute Gasteiger partial charge is 0.419 e. The molecule has 0 spiro atoms. The fourth-order valence-electron chi connectivity index (χ4n) is 1.60. The highest BCUT2D eigenvalue weighted by molar-refractivity contribution is 5.50. The fourth-order valence-corrected chi connectivity index (χ4v) is 1.60. The number of aromatic nitrogens is 5. The van der Waals surface area contributed by atoms with Crippen molar-refractivity contribution >= 4 is 5.82 Å². The van der Waals surface area contributed by atoms with Gasteiger partial charge in [-0.05, 0) is 17.1 Å². The summed E-state index contributed by atoms with van der Waals surface area (Å²) in [5.41, 5.74) is 0.755. The second-order valence-electron chi connectivity index (χ2n) is 3.87. The van der Waals surface area contributed by atoms with Crippen LogP contribution in [0.1, 0.15) is 5.89 Å².